The number of methoxy groups -OCH3 is 2. The number of carboxylic acid groups (broad SMARTS) is 1. The second-order valence-corrected chi connectivity index (χ2v) is 23.0. The first kappa shape index (κ1) is 60.7. The lowest BCUT2D eigenvalue weighted by molar-refractivity contribution is -0.160. The van der Waals surface area contributed by atoms with Crippen LogP contribution < -0.4 is 25.1 Å². The molecule has 10 rings (SSSR count). The van der Waals surface area contributed by atoms with Gasteiger partial charge in [-0.15, -0.1) is 0 Å². The molecule has 5 aliphatic heterocycles. The summed E-state index contributed by atoms with van der Waals surface area (Å²) in [5.41, 5.74) is -3.09. The standard InChI is InChI=1S/C61H72FN5O17/c1-28-12-11-13-29(2)58(76)63-44-47(64-19-16-35(17-20-64)59(77)66-23-21-65(22-24-66)46-39(62)26-37-45(56(46)81-10)67(36-14-15-36)27-38(51(37)72)60(78)79)53(74)41-42(52(44)73)50(71)33(6)55-43(41)57(75)61(8,84-55)82-25-18-40(80-9)30(3)54(83-34(7)68)32(5)49(70)31(4)48(28)69/h11-13,18,25-28,30-32,35-36,40,48-49,54,69-71H,14-17,19-24H2,1-10H3,(H,63,76)(H,78,79)/b12-11+,25-18+,29-13-/t28-,30-,31-,32-,40+,48+,49+,54+,61+/m1/s1. The molecule has 2 saturated heterocycles. The molecular weight excluding hydrogens is 1090 g/mol. The zero-order chi connectivity index (χ0) is 61.1. The summed E-state index contributed by atoms with van der Waals surface area (Å²) in [4.78, 5) is 117. The number of Topliss-reactive ketones (excluding diaryl/α,β-unsaturated/α-hetero) is 3. The van der Waals surface area contributed by atoms with Gasteiger partial charge >= 0.3 is 17.7 Å². The number of carboxylic acids is 1. The molecule has 450 valence electrons. The molecule has 5 bridgehead atoms. The Kier molecular flexibility index (Phi) is 17.1. The molecule has 6 heterocycles. The number of phenolic OH excluding ortho intramolecular Hbond substituents is 1. The molecule has 2 aliphatic carbocycles. The number of likely N-dealkylation sites (tertiary alicyclic amines) is 1. The van der Waals surface area contributed by atoms with Crippen molar-refractivity contribution in [2.75, 3.05) is 58.4 Å². The fraction of sp³-hybridized carbons (Fsp3) is 0.508. The largest absolute Gasteiger partial charge is 0.507 e. The minimum Gasteiger partial charge on any atom is -0.507 e. The number of fused-ring (bicyclic) bond motifs is 15. The van der Waals surface area contributed by atoms with Crippen LogP contribution in [0.3, 0.4) is 0 Å². The minimum absolute atomic E-state index is 0.0163. The SMILES string of the molecule is COc1c(N2CCN(C(=O)C3CCN(C4=C5NC(=O)/C(C)=C\C=C\[C@@H](C)[C@H](O)[C@@H](C)[C@H](O)[C@@H](C)[C@@H](OC(C)=O)[C@H](C)[C@@H](OC)/C=C/O[C@@]6(C)Oc7c(C)c(O)c(c(c7C6=O)C4=O)C5=O)CC3)CC2)c(F)cc2c(=O)c(C(=O)O)cn(C3CC3)c12. The van der Waals surface area contributed by atoms with Gasteiger partial charge in [0.25, 0.3) is 11.7 Å². The zero-order valence-corrected chi connectivity index (χ0v) is 48.6. The van der Waals surface area contributed by atoms with Crippen LogP contribution >= 0.6 is 0 Å². The molecule has 1 aromatic heterocycles. The van der Waals surface area contributed by atoms with Crippen molar-refractivity contribution < 1.29 is 82.1 Å². The van der Waals surface area contributed by atoms with E-state index in [9.17, 15) is 49.2 Å². The van der Waals surface area contributed by atoms with Crippen molar-refractivity contribution in [3.05, 3.63) is 104 Å². The van der Waals surface area contributed by atoms with Crippen LogP contribution in [0.1, 0.15) is 127 Å². The summed E-state index contributed by atoms with van der Waals surface area (Å²) < 4.78 is 47.4. The number of carbonyl (C=O) groups excluding carboxylic acids is 6. The third-order valence-electron chi connectivity index (χ3n) is 17.6. The van der Waals surface area contributed by atoms with Crippen molar-refractivity contribution in [1.29, 1.82) is 0 Å². The number of allylic oxidation sites excluding steroid dienone is 4. The second kappa shape index (κ2) is 23.6. The average Bonchev–Trinajstić information content (AvgIpc) is 1.51. The molecule has 2 aromatic carbocycles. The number of amides is 2. The molecule has 9 atom stereocenters. The van der Waals surface area contributed by atoms with Crippen molar-refractivity contribution in [2.45, 2.75) is 117 Å². The summed E-state index contributed by atoms with van der Waals surface area (Å²) in [7, 11) is 2.75. The summed E-state index contributed by atoms with van der Waals surface area (Å²) in [5.74, 6) is -13.0. The highest BCUT2D eigenvalue weighted by Gasteiger charge is 2.54. The molecule has 7 aliphatic rings. The number of aromatic nitrogens is 1. The lowest BCUT2D eigenvalue weighted by atomic mass is 9.78. The highest BCUT2D eigenvalue weighted by molar-refractivity contribution is 6.32. The van der Waals surface area contributed by atoms with Gasteiger partial charge in [-0.2, -0.15) is 0 Å². The number of nitrogens with zero attached hydrogens (tertiary/aromatic N) is 4. The Morgan fingerprint density at radius 2 is 1.50 bits per heavy atom. The van der Waals surface area contributed by atoms with Gasteiger partial charge in [-0.1, -0.05) is 45.9 Å². The molecule has 3 aromatic rings. The number of halogens is 1. The number of piperazine rings is 1. The number of benzene rings is 2. The lowest BCUT2D eigenvalue weighted by Crippen LogP contribution is -2.52. The molecule has 84 heavy (non-hydrogen) atoms. The number of carbonyl (C=O) groups is 7. The molecule has 1 saturated carbocycles. The number of pyridine rings is 1. The first-order valence-corrected chi connectivity index (χ1v) is 28.3. The monoisotopic (exact) mass is 1170 g/mol. The van der Waals surface area contributed by atoms with Crippen LogP contribution in [-0.2, 0) is 28.6 Å². The molecule has 0 spiro atoms. The number of piperidine rings is 1. The molecule has 0 unspecified atom stereocenters. The first-order valence-electron chi connectivity index (χ1n) is 28.3. The molecular formula is C61H72FN5O17. The minimum atomic E-state index is -2.19. The number of anilines is 1. The average molecular weight is 1170 g/mol. The third kappa shape index (κ3) is 10.8. The van der Waals surface area contributed by atoms with Gasteiger partial charge < -0.3 is 68.7 Å². The van der Waals surface area contributed by atoms with Crippen molar-refractivity contribution in [3.63, 3.8) is 0 Å². The summed E-state index contributed by atoms with van der Waals surface area (Å²) in [5, 5.41) is 47.3. The number of nitrogens with one attached hydrogen (secondary N) is 1. The van der Waals surface area contributed by atoms with Crippen LogP contribution in [0.5, 0.6) is 17.2 Å². The Morgan fingerprint density at radius 3 is 2.11 bits per heavy atom. The topological polar surface area (TPSA) is 290 Å². The van der Waals surface area contributed by atoms with Crippen LogP contribution in [-0.4, -0.2) is 160 Å². The molecule has 23 heteroatoms. The Bertz CT molecular complexity index is 3440. The lowest BCUT2D eigenvalue weighted by Gasteiger charge is -2.41. The van der Waals surface area contributed by atoms with E-state index in [0.717, 1.165) is 25.2 Å². The summed E-state index contributed by atoms with van der Waals surface area (Å²) >= 11 is 0. The van der Waals surface area contributed by atoms with Gasteiger partial charge in [0.05, 0.1) is 59.3 Å². The molecule has 2 amide bonds. The quantitative estimate of drug-likeness (QED) is 0.174. The van der Waals surface area contributed by atoms with Gasteiger partial charge in [0.1, 0.15) is 40.2 Å². The van der Waals surface area contributed by atoms with E-state index in [1.165, 1.54) is 66.3 Å². The fourth-order valence-corrected chi connectivity index (χ4v) is 12.5. The van der Waals surface area contributed by atoms with E-state index < -0.39 is 134 Å². The van der Waals surface area contributed by atoms with E-state index in [1.54, 1.807) is 53.0 Å². The number of aliphatic hydroxyl groups is 2. The van der Waals surface area contributed by atoms with Gasteiger partial charge in [0.2, 0.25) is 22.9 Å². The smallest absolute Gasteiger partial charge is 0.341 e. The first-order chi connectivity index (χ1) is 39.8. The number of hydrogen-bond donors (Lipinski definition) is 5. The molecule has 3 fully saturated rings. The van der Waals surface area contributed by atoms with Gasteiger partial charge in [-0.05, 0) is 51.7 Å². The fourth-order valence-electron chi connectivity index (χ4n) is 12.5. The number of aromatic carboxylic acids is 1. The number of aromatic hydroxyl groups is 1. The van der Waals surface area contributed by atoms with Crippen LogP contribution in [0, 0.1) is 42.3 Å². The van der Waals surface area contributed by atoms with Crippen LogP contribution in [0.4, 0.5) is 10.1 Å². The number of rotatable bonds is 8. The van der Waals surface area contributed by atoms with Crippen LogP contribution in [0.15, 0.2) is 64.6 Å². The summed E-state index contributed by atoms with van der Waals surface area (Å²) in [6.45, 7) is 12.9. The highest BCUT2D eigenvalue weighted by atomic mass is 19.1. The molecule has 22 nitrogen and oxygen atoms in total. The number of aliphatic hydroxyl groups excluding tert-OH is 2. The Hall–Kier alpha value is -7.89. The van der Waals surface area contributed by atoms with Crippen LogP contribution in [0.25, 0.3) is 10.9 Å². The maximum atomic E-state index is 16.2. The molecule has 0 radical (unpaired) electrons. The normalized spacial score (nSPS) is 28.8. The maximum absolute atomic E-state index is 16.2. The number of phenols is 1. The Labute approximate surface area is 484 Å². The van der Waals surface area contributed by atoms with Crippen LogP contribution in [0.2, 0.25) is 0 Å². The second-order valence-electron chi connectivity index (χ2n) is 23.0. The van der Waals surface area contributed by atoms with E-state index in [1.807, 2.05) is 0 Å². The predicted octanol–water partition coefficient (Wildman–Crippen LogP) is 5.51. The van der Waals surface area contributed by atoms with Crippen molar-refractivity contribution in [2.24, 2.45) is 29.6 Å². The predicted molar refractivity (Wildman–Crippen MR) is 301 cm³/mol. The Morgan fingerprint density at radius 1 is 0.833 bits per heavy atom. The number of ketones is 3. The third-order valence-corrected chi connectivity index (χ3v) is 17.6. The van der Waals surface area contributed by atoms with Crippen molar-refractivity contribution in [3.8, 4) is 17.2 Å². The van der Waals surface area contributed by atoms with Gasteiger partial charge in [-0.25, -0.2) is 9.18 Å². The highest BCUT2D eigenvalue weighted by Crippen LogP contribution is 2.50. The van der Waals surface area contributed by atoms with Gasteiger partial charge in [0, 0.05) is 113 Å². The van der Waals surface area contributed by atoms with Gasteiger partial charge in [0.15, 0.2) is 11.6 Å². The van der Waals surface area contributed by atoms with E-state index in [2.05, 4.69) is 5.32 Å². The molecule has 5 N–H and O–H groups in total. The van der Waals surface area contributed by atoms with Crippen molar-refractivity contribution >= 4 is 57.7 Å². The summed E-state index contributed by atoms with van der Waals surface area (Å²) in [6.07, 6.45) is 6.09. The maximum Gasteiger partial charge on any atom is 0.341 e. The van der Waals surface area contributed by atoms with Crippen molar-refractivity contribution in [1.82, 2.24) is 19.7 Å². The van der Waals surface area contributed by atoms with Gasteiger partial charge in [-0.3, -0.25) is 33.6 Å². The van der Waals surface area contributed by atoms with E-state index in [0.29, 0.717) is 0 Å². The number of ether oxygens (including phenoxy) is 5. The Balaban J connectivity index is 1.01. The number of hydrogen-bond acceptors (Lipinski definition) is 18. The summed E-state index contributed by atoms with van der Waals surface area (Å²) in [6, 6.07) is 0.942. The van der Waals surface area contributed by atoms with E-state index >= 15 is 14.0 Å². The zero-order valence-electron chi connectivity index (χ0n) is 48.6. The van der Waals surface area contributed by atoms with E-state index in [4.69, 9.17) is 23.7 Å². The number of esters is 1. The van der Waals surface area contributed by atoms with E-state index in [-0.39, 0.29) is 115 Å².